The van der Waals surface area contributed by atoms with Crippen molar-refractivity contribution < 1.29 is 9.21 Å². The Balaban J connectivity index is 1.42. The molecule has 0 atom stereocenters. The number of para-hydroxylation sites is 2. The summed E-state index contributed by atoms with van der Waals surface area (Å²) < 4.78 is 8.06. The monoisotopic (exact) mass is 463 g/mol. The number of hydrogen-bond acceptors (Lipinski definition) is 5. The summed E-state index contributed by atoms with van der Waals surface area (Å²) in [5.74, 6) is 0.834. The third-order valence-corrected chi connectivity index (χ3v) is 6.54. The number of benzene rings is 2. The van der Waals surface area contributed by atoms with E-state index < -0.39 is 0 Å². The van der Waals surface area contributed by atoms with Crippen LogP contribution in [0.25, 0.3) is 28.3 Å². The van der Waals surface area contributed by atoms with Gasteiger partial charge in [0.15, 0.2) is 0 Å². The number of carbonyl (C=O) groups is 1. The Kier molecular flexibility index (Phi) is 6.15. The van der Waals surface area contributed by atoms with Gasteiger partial charge in [0, 0.05) is 42.6 Å². The van der Waals surface area contributed by atoms with Crippen molar-refractivity contribution in [2.24, 2.45) is 0 Å². The van der Waals surface area contributed by atoms with Crippen LogP contribution in [0.4, 0.5) is 0 Å². The maximum atomic E-state index is 12.9. The minimum Gasteiger partial charge on any atom is -0.427 e. The number of nitrogens with one attached hydrogen (secondary N) is 1. The first-order valence-electron chi connectivity index (χ1n) is 11.3. The van der Waals surface area contributed by atoms with Crippen LogP contribution in [0.15, 0.2) is 59.3 Å². The van der Waals surface area contributed by atoms with Crippen molar-refractivity contribution in [3.63, 3.8) is 0 Å². The fourth-order valence-electron chi connectivity index (χ4n) is 4.35. The highest BCUT2D eigenvalue weighted by molar-refractivity contribution is 6.30. The van der Waals surface area contributed by atoms with Crippen LogP contribution in [0.3, 0.4) is 0 Å². The molecular weight excluding hydrogens is 438 g/mol. The number of hydrogen-bond donors (Lipinski definition) is 1. The van der Waals surface area contributed by atoms with Gasteiger partial charge in [-0.25, -0.2) is 4.98 Å². The average Bonchev–Trinajstić information content (AvgIpc) is 3.47. The highest BCUT2D eigenvalue weighted by Crippen LogP contribution is 2.29. The topological polar surface area (TPSA) is 76.2 Å². The highest BCUT2D eigenvalue weighted by Gasteiger charge is 2.23. The van der Waals surface area contributed by atoms with Crippen molar-refractivity contribution in [2.45, 2.75) is 31.7 Å². The van der Waals surface area contributed by atoms with E-state index in [2.05, 4.69) is 10.3 Å². The quantitative estimate of drug-likeness (QED) is 0.456. The Bertz CT molecular complexity index is 1260. The number of carbonyl (C=O) groups excluding carboxylic acids is 1. The SMILES string of the molecule is CNC1CCN(C(=O)CCc2oc(-n3cnc4ccccc43)nc2-c2ccc(Cl)cc2)CC1. The molecule has 0 aliphatic carbocycles. The molecule has 8 heteroatoms. The minimum atomic E-state index is 0.151. The summed E-state index contributed by atoms with van der Waals surface area (Å²) in [6.45, 7) is 1.58. The molecule has 1 amide bonds. The summed E-state index contributed by atoms with van der Waals surface area (Å²) in [6, 6.07) is 16.3. The van der Waals surface area contributed by atoms with Crippen molar-refractivity contribution in [3.8, 4) is 17.3 Å². The van der Waals surface area contributed by atoms with Crippen molar-refractivity contribution in [2.75, 3.05) is 20.1 Å². The van der Waals surface area contributed by atoms with Crippen LogP contribution < -0.4 is 5.32 Å². The van der Waals surface area contributed by atoms with E-state index in [1.165, 1.54) is 0 Å². The van der Waals surface area contributed by atoms with Gasteiger partial charge >= 0.3 is 6.01 Å². The van der Waals surface area contributed by atoms with E-state index in [9.17, 15) is 4.79 Å². The number of halogens is 1. The van der Waals surface area contributed by atoms with Crippen molar-refractivity contribution in [3.05, 3.63) is 65.6 Å². The molecule has 4 aromatic rings. The Morgan fingerprint density at radius 1 is 1.15 bits per heavy atom. The molecule has 2 aromatic carbocycles. The molecule has 1 fully saturated rings. The van der Waals surface area contributed by atoms with E-state index in [0.29, 0.717) is 35.7 Å². The largest absolute Gasteiger partial charge is 0.427 e. The van der Waals surface area contributed by atoms with Crippen molar-refractivity contribution in [1.29, 1.82) is 0 Å². The van der Waals surface area contributed by atoms with Crippen LogP contribution in [0.2, 0.25) is 5.02 Å². The average molecular weight is 464 g/mol. The van der Waals surface area contributed by atoms with Crippen LogP contribution in [-0.4, -0.2) is 51.5 Å². The van der Waals surface area contributed by atoms with Gasteiger partial charge in [-0.05, 0) is 44.2 Å². The maximum Gasteiger partial charge on any atom is 0.308 e. The number of amides is 1. The number of likely N-dealkylation sites (tertiary alicyclic amines) is 1. The first kappa shape index (κ1) is 21.7. The zero-order valence-electron chi connectivity index (χ0n) is 18.5. The summed E-state index contributed by atoms with van der Waals surface area (Å²) >= 11 is 6.09. The lowest BCUT2D eigenvalue weighted by Gasteiger charge is -2.31. The smallest absolute Gasteiger partial charge is 0.308 e. The fourth-order valence-corrected chi connectivity index (χ4v) is 4.48. The molecule has 0 radical (unpaired) electrons. The van der Waals surface area contributed by atoms with E-state index in [1.54, 1.807) is 6.33 Å². The molecular formula is C25H26ClN5O2. The van der Waals surface area contributed by atoms with Crippen LogP contribution in [0, 0.1) is 0 Å². The number of oxazole rings is 1. The van der Waals surface area contributed by atoms with Gasteiger partial charge in [-0.3, -0.25) is 9.36 Å². The number of piperidine rings is 1. The molecule has 1 aliphatic rings. The van der Waals surface area contributed by atoms with E-state index in [-0.39, 0.29) is 5.91 Å². The molecule has 1 saturated heterocycles. The highest BCUT2D eigenvalue weighted by atomic mass is 35.5. The van der Waals surface area contributed by atoms with Gasteiger partial charge in [0.2, 0.25) is 5.91 Å². The predicted molar refractivity (Wildman–Crippen MR) is 129 cm³/mol. The summed E-state index contributed by atoms with van der Waals surface area (Å²) in [5.41, 5.74) is 3.40. The van der Waals surface area contributed by atoms with Crippen molar-refractivity contribution in [1.82, 2.24) is 24.8 Å². The number of nitrogens with zero attached hydrogens (tertiary/aromatic N) is 4. The Hall–Kier alpha value is -3.16. The third kappa shape index (κ3) is 4.51. The second-order valence-electron chi connectivity index (χ2n) is 8.32. The fraction of sp³-hybridized carbons (Fsp3) is 0.320. The molecule has 0 unspecified atom stereocenters. The molecule has 7 nitrogen and oxygen atoms in total. The van der Waals surface area contributed by atoms with Crippen LogP contribution in [0.5, 0.6) is 0 Å². The second-order valence-corrected chi connectivity index (χ2v) is 8.76. The van der Waals surface area contributed by atoms with Crippen LogP contribution in [-0.2, 0) is 11.2 Å². The molecule has 5 rings (SSSR count). The Labute approximate surface area is 197 Å². The van der Waals surface area contributed by atoms with Gasteiger partial charge < -0.3 is 14.6 Å². The van der Waals surface area contributed by atoms with Gasteiger partial charge in [0.1, 0.15) is 17.8 Å². The zero-order chi connectivity index (χ0) is 22.8. The second kappa shape index (κ2) is 9.37. The molecule has 0 bridgehead atoms. The summed E-state index contributed by atoms with van der Waals surface area (Å²) in [7, 11) is 1.98. The molecule has 33 heavy (non-hydrogen) atoms. The minimum absolute atomic E-state index is 0.151. The van der Waals surface area contributed by atoms with Gasteiger partial charge in [0.05, 0.1) is 11.0 Å². The molecule has 2 aromatic heterocycles. The lowest BCUT2D eigenvalue weighted by Crippen LogP contribution is -2.44. The normalized spacial score (nSPS) is 14.8. The number of rotatable bonds is 6. The van der Waals surface area contributed by atoms with Crippen LogP contribution in [0.1, 0.15) is 25.0 Å². The molecule has 3 heterocycles. The van der Waals surface area contributed by atoms with Crippen molar-refractivity contribution >= 4 is 28.5 Å². The molecule has 170 valence electrons. The third-order valence-electron chi connectivity index (χ3n) is 6.29. The molecule has 1 N–H and O–H groups in total. The molecule has 0 saturated carbocycles. The first-order valence-corrected chi connectivity index (χ1v) is 11.6. The lowest BCUT2D eigenvalue weighted by atomic mass is 10.0. The van der Waals surface area contributed by atoms with E-state index in [4.69, 9.17) is 21.0 Å². The van der Waals surface area contributed by atoms with E-state index in [0.717, 1.165) is 48.2 Å². The zero-order valence-corrected chi connectivity index (χ0v) is 19.3. The summed E-state index contributed by atoms with van der Waals surface area (Å²) in [6.07, 6.45) is 4.53. The Morgan fingerprint density at radius 2 is 1.91 bits per heavy atom. The Morgan fingerprint density at radius 3 is 2.67 bits per heavy atom. The van der Waals surface area contributed by atoms with Gasteiger partial charge in [0.25, 0.3) is 0 Å². The molecule has 0 spiro atoms. The first-order chi connectivity index (χ1) is 16.1. The van der Waals surface area contributed by atoms with Crippen LogP contribution >= 0.6 is 11.6 Å². The maximum absolute atomic E-state index is 12.9. The van der Waals surface area contributed by atoms with Gasteiger partial charge in [-0.1, -0.05) is 35.9 Å². The number of imidazole rings is 1. The lowest BCUT2D eigenvalue weighted by molar-refractivity contribution is -0.132. The number of fused-ring (bicyclic) bond motifs is 1. The van der Waals surface area contributed by atoms with Gasteiger partial charge in [-0.15, -0.1) is 0 Å². The summed E-state index contributed by atoms with van der Waals surface area (Å²) in [4.78, 5) is 24.1. The summed E-state index contributed by atoms with van der Waals surface area (Å²) in [5, 5.41) is 3.96. The number of aromatic nitrogens is 3. The van der Waals surface area contributed by atoms with Gasteiger partial charge in [-0.2, -0.15) is 4.98 Å². The predicted octanol–water partition coefficient (Wildman–Crippen LogP) is 4.48. The van der Waals surface area contributed by atoms with E-state index >= 15 is 0 Å². The van der Waals surface area contributed by atoms with E-state index in [1.807, 2.05) is 65.0 Å². The standard InChI is InChI=1S/C25H26ClN5O2/c1-27-19-12-14-30(15-13-19)23(32)11-10-22-24(17-6-8-18(26)9-7-17)29-25(33-22)31-16-28-20-4-2-3-5-21(20)31/h2-9,16,19,27H,10-15H2,1H3. The molecule has 1 aliphatic heterocycles. The number of aryl methyl sites for hydroxylation is 1.